The monoisotopic (exact) mass is 324 g/mol. The summed E-state index contributed by atoms with van der Waals surface area (Å²) < 4.78 is 13.7. The zero-order valence-corrected chi connectivity index (χ0v) is 11.2. The third kappa shape index (κ3) is 3.03. The minimum Gasteiger partial charge on any atom is -0.478 e. The average Bonchev–Trinajstić information content (AvgIpc) is 2.36. The second kappa shape index (κ2) is 5.27. The van der Waals surface area contributed by atoms with E-state index in [1.54, 1.807) is 12.1 Å². The number of nitrogens with two attached hydrogens (primary N) is 1. The Kier molecular flexibility index (Phi) is 3.71. The number of nitrogens with one attached hydrogen (secondary N) is 1. The Bertz CT molecular complexity index is 647. The van der Waals surface area contributed by atoms with E-state index in [0.717, 1.165) is 0 Å². The number of anilines is 3. The van der Waals surface area contributed by atoms with Crippen LogP contribution in [0.4, 0.5) is 21.5 Å². The number of hydrogen-bond acceptors (Lipinski definition) is 3. The summed E-state index contributed by atoms with van der Waals surface area (Å²) in [4.78, 5) is 10.9. The van der Waals surface area contributed by atoms with Gasteiger partial charge in [0.25, 0.3) is 0 Å². The lowest BCUT2D eigenvalue weighted by molar-refractivity contribution is 0.0697. The SMILES string of the molecule is Nc1ccc(C(=O)O)cc1Nc1ccc(Br)c(F)c1. The fourth-order valence-corrected chi connectivity index (χ4v) is 1.77. The van der Waals surface area contributed by atoms with Crippen molar-refractivity contribution in [3.05, 3.63) is 52.3 Å². The summed E-state index contributed by atoms with van der Waals surface area (Å²) in [5, 5.41) is 11.8. The molecule has 2 aromatic rings. The van der Waals surface area contributed by atoms with Gasteiger partial charge in [-0.1, -0.05) is 0 Å². The maximum atomic E-state index is 13.4. The predicted octanol–water partition coefficient (Wildman–Crippen LogP) is 3.61. The molecule has 0 amide bonds. The van der Waals surface area contributed by atoms with Gasteiger partial charge < -0.3 is 16.2 Å². The van der Waals surface area contributed by atoms with Crippen molar-refractivity contribution in [1.82, 2.24) is 0 Å². The van der Waals surface area contributed by atoms with Gasteiger partial charge in [-0.25, -0.2) is 9.18 Å². The van der Waals surface area contributed by atoms with Crippen molar-refractivity contribution in [2.24, 2.45) is 0 Å². The number of nitrogen functional groups attached to an aromatic ring is 1. The molecule has 0 aliphatic carbocycles. The minimum atomic E-state index is -1.05. The Hall–Kier alpha value is -2.08. The van der Waals surface area contributed by atoms with Crippen LogP contribution in [-0.2, 0) is 0 Å². The molecule has 4 N–H and O–H groups in total. The lowest BCUT2D eigenvalue weighted by atomic mass is 10.1. The van der Waals surface area contributed by atoms with Gasteiger partial charge >= 0.3 is 5.97 Å². The fourth-order valence-electron chi connectivity index (χ4n) is 1.53. The van der Waals surface area contributed by atoms with Gasteiger partial charge in [0, 0.05) is 5.69 Å². The molecule has 4 nitrogen and oxygen atoms in total. The highest BCUT2D eigenvalue weighted by Crippen LogP contribution is 2.26. The van der Waals surface area contributed by atoms with Gasteiger partial charge in [-0.3, -0.25) is 0 Å². The predicted molar refractivity (Wildman–Crippen MR) is 75.2 cm³/mol. The second-order valence-corrected chi connectivity index (χ2v) is 4.72. The van der Waals surface area contributed by atoms with E-state index < -0.39 is 11.8 Å². The lowest BCUT2D eigenvalue weighted by Crippen LogP contribution is -2.01. The molecule has 6 heteroatoms. The van der Waals surface area contributed by atoms with Crippen molar-refractivity contribution >= 4 is 39.0 Å². The normalized spacial score (nSPS) is 10.2. The van der Waals surface area contributed by atoms with Crippen LogP contribution in [0.5, 0.6) is 0 Å². The molecule has 0 saturated heterocycles. The first-order valence-corrected chi connectivity index (χ1v) is 6.11. The Morgan fingerprint density at radius 3 is 2.63 bits per heavy atom. The molecule has 98 valence electrons. The van der Waals surface area contributed by atoms with E-state index in [0.29, 0.717) is 21.5 Å². The largest absolute Gasteiger partial charge is 0.478 e. The van der Waals surface area contributed by atoms with Gasteiger partial charge in [0.15, 0.2) is 0 Å². The molecule has 0 atom stereocenters. The molecule has 0 aliphatic heterocycles. The number of carboxylic acid groups (broad SMARTS) is 1. The number of rotatable bonds is 3. The molecule has 0 fully saturated rings. The minimum absolute atomic E-state index is 0.106. The molecule has 0 aromatic heterocycles. The van der Waals surface area contributed by atoms with E-state index in [2.05, 4.69) is 21.2 Å². The van der Waals surface area contributed by atoms with E-state index in [1.165, 1.54) is 24.3 Å². The summed E-state index contributed by atoms with van der Waals surface area (Å²) in [7, 11) is 0. The van der Waals surface area contributed by atoms with Gasteiger partial charge in [0.1, 0.15) is 5.82 Å². The lowest BCUT2D eigenvalue weighted by Gasteiger charge is -2.10. The number of hydrogen-bond donors (Lipinski definition) is 3. The topological polar surface area (TPSA) is 75.4 Å². The van der Waals surface area contributed by atoms with Crippen LogP contribution in [0.25, 0.3) is 0 Å². The van der Waals surface area contributed by atoms with Gasteiger partial charge in [-0.05, 0) is 52.3 Å². The molecule has 0 spiro atoms. The summed E-state index contributed by atoms with van der Waals surface area (Å²) in [6, 6.07) is 8.79. The van der Waals surface area contributed by atoms with E-state index in [4.69, 9.17) is 10.8 Å². The Balaban J connectivity index is 2.34. The second-order valence-electron chi connectivity index (χ2n) is 3.86. The van der Waals surface area contributed by atoms with Crippen LogP contribution in [0.15, 0.2) is 40.9 Å². The third-order valence-corrected chi connectivity index (χ3v) is 3.14. The molecule has 0 radical (unpaired) electrons. The Morgan fingerprint density at radius 2 is 2.00 bits per heavy atom. The Morgan fingerprint density at radius 1 is 1.26 bits per heavy atom. The highest BCUT2D eigenvalue weighted by atomic mass is 79.9. The Labute approximate surface area is 117 Å². The van der Waals surface area contributed by atoms with Crippen LogP contribution in [0.2, 0.25) is 0 Å². The van der Waals surface area contributed by atoms with Crippen LogP contribution in [0, 0.1) is 5.82 Å². The summed E-state index contributed by atoms with van der Waals surface area (Å²) >= 11 is 3.05. The first kappa shape index (κ1) is 13.4. The van der Waals surface area contributed by atoms with Crippen molar-refractivity contribution in [3.8, 4) is 0 Å². The van der Waals surface area contributed by atoms with Crippen LogP contribution in [0.3, 0.4) is 0 Å². The smallest absolute Gasteiger partial charge is 0.335 e. The van der Waals surface area contributed by atoms with E-state index in [-0.39, 0.29) is 5.56 Å². The van der Waals surface area contributed by atoms with Crippen molar-refractivity contribution in [2.45, 2.75) is 0 Å². The summed E-state index contributed by atoms with van der Waals surface area (Å²) in [5.74, 6) is -1.47. The molecular weight excluding hydrogens is 315 g/mol. The molecule has 0 heterocycles. The van der Waals surface area contributed by atoms with Crippen molar-refractivity contribution in [1.29, 1.82) is 0 Å². The van der Waals surface area contributed by atoms with E-state index in [1.807, 2.05) is 0 Å². The summed E-state index contributed by atoms with van der Waals surface area (Å²) in [5.41, 5.74) is 7.14. The maximum Gasteiger partial charge on any atom is 0.335 e. The highest BCUT2D eigenvalue weighted by Gasteiger charge is 2.08. The molecule has 0 bridgehead atoms. The van der Waals surface area contributed by atoms with Crippen molar-refractivity contribution in [3.63, 3.8) is 0 Å². The molecule has 0 unspecified atom stereocenters. The first-order valence-electron chi connectivity index (χ1n) is 5.32. The first-order chi connectivity index (χ1) is 8.97. The van der Waals surface area contributed by atoms with Crippen LogP contribution in [0.1, 0.15) is 10.4 Å². The van der Waals surface area contributed by atoms with E-state index >= 15 is 0 Å². The third-order valence-electron chi connectivity index (χ3n) is 2.50. The number of benzene rings is 2. The van der Waals surface area contributed by atoms with E-state index in [9.17, 15) is 9.18 Å². The quantitative estimate of drug-likeness (QED) is 0.754. The number of aromatic carboxylic acids is 1. The summed E-state index contributed by atoms with van der Waals surface area (Å²) in [6.45, 7) is 0. The zero-order chi connectivity index (χ0) is 14.0. The maximum absolute atomic E-state index is 13.4. The fraction of sp³-hybridized carbons (Fsp3) is 0. The summed E-state index contributed by atoms with van der Waals surface area (Å²) in [6.07, 6.45) is 0. The zero-order valence-electron chi connectivity index (χ0n) is 9.65. The van der Waals surface area contributed by atoms with Gasteiger partial charge in [-0.15, -0.1) is 0 Å². The highest BCUT2D eigenvalue weighted by molar-refractivity contribution is 9.10. The van der Waals surface area contributed by atoms with Crippen LogP contribution < -0.4 is 11.1 Å². The number of halogens is 2. The average molecular weight is 325 g/mol. The van der Waals surface area contributed by atoms with Gasteiger partial charge in [0.2, 0.25) is 0 Å². The molecule has 0 saturated carbocycles. The van der Waals surface area contributed by atoms with Gasteiger partial charge in [0.05, 0.1) is 21.4 Å². The van der Waals surface area contributed by atoms with Crippen molar-refractivity contribution < 1.29 is 14.3 Å². The molecule has 2 aromatic carbocycles. The van der Waals surface area contributed by atoms with Crippen molar-refractivity contribution in [2.75, 3.05) is 11.1 Å². The standard InChI is InChI=1S/C13H10BrFN2O2/c14-9-3-2-8(6-10(9)15)17-12-5-7(13(18)19)1-4-11(12)16/h1-6,17H,16H2,(H,18,19). The molecule has 2 rings (SSSR count). The molecular formula is C13H10BrFN2O2. The molecule has 0 aliphatic rings. The molecule has 19 heavy (non-hydrogen) atoms. The van der Waals surface area contributed by atoms with Crippen LogP contribution >= 0.6 is 15.9 Å². The number of carboxylic acids is 1. The number of carbonyl (C=O) groups is 1. The van der Waals surface area contributed by atoms with Crippen LogP contribution in [-0.4, -0.2) is 11.1 Å². The van der Waals surface area contributed by atoms with Gasteiger partial charge in [-0.2, -0.15) is 0 Å².